The maximum atomic E-state index is 9.46. The molecule has 0 aromatic heterocycles. The number of aliphatic hydroxyl groups excluding tert-OH is 1. The normalized spacial score (nSPS) is 16.1. The van der Waals surface area contributed by atoms with E-state index in [-0.39, 0.29) is 17.4 Å². The van der Waals surface area contributed by atoms with Gasteiger partial charge in [-0.15, -0.1) is 0 Å². The number of aryl methyl sites for hydroxylation is 1. The van der Waals surface area contributed by atoms with Crippen LogP contribution in [0.1, 0.15) is 31.0 Å². The lowest BCUT2D eigenvalue weighted by molar-refractivity contribution is 0.196. The third-order valence-electron chi connectivity index (χ3n) is 3.00. The molecule has 3 atom stereocenters. The van der Waals surface area contributed by atoms with Crippen LogP contribution in [0.25, 0.3) is 0 Å². The Balaban J connectivity index is 2.71. The molecule has 0 aliphatic carbocycles. The monoisotopic (exact) mass is 269 g/mol. The first kappa shape index (κ1) is 15.3. The van der Waals surface area contributed by atoms with Crippen molar-refractivity contribution in [2.24, 2.45) is 5.73 Å². The first-order valence-electron chi connectivity index (χ1n) is 6.15. The highest BCUT2D eigenvalue weighted by Crippen LogP contribution is 2.28. The summed E-state index contributed by atoms with van der Waals surface area (Å²) in [6, 6.07) is 5.96. The Labute approximate surface area is 114 Å². The van der Waals surface area contributed by atoms with Crippen LogP contribution in [0.15, 0.2) is 18.2 Å². The highest BCUT2D eigenvalue weighted by Gasteiger charge is 2.15. The molecule has 0 radical (unpaired) electrons. The summed E-state index contributed by atoms with van der Waals surface area (Å²) in [6.07, 6.45) is -0.318. The van der Waals surface area contributed by atoms with Crippen molar-refractivity contribution in [1.82, 2.24) is 0 Å². The van der Waals surface area contributed by atoms with Crippen LogP contribution in [0.3, 0.4) is 0 Å². The fourth-order valence-corrected chi connectivity index (χ4v) is 2.60. The minimum Gasteiger partial charge on any atom is -0.496 e. The number of aliphatic hydroxyl groups is 1. The van der Waals surface area contributed by atoms with Crippen molar-refractivity contribution < 1.29 is 9.84 Å². The van der Waals surface area contributed by atoms with Gasteiger partial charge in [0.05, 0.1) is 13.2 Å². The van der Waals surface area contributed by atoms with Crippen molar-refractivity contribution in [1.29, 1.82) is 0 Å². The number of nitrogens with two attached hydrogens (primary N) is 1. The lowest BCUT2D eigenvalue weighted by Crippen LogP contribution is -2.20. The summed E-state index contributed by atoms with van der Waals surface area (Å²) in [6.45, 7) is 5.85. The molecule has 4 heteroatoms. The van der Waals surface area contributed by atoms with Crippen LogP contribution in [0.5, 0.6) is 5.75 Å². The summed E-state index contributed by atoms with van der Waals surface area (Å²) >= 11 is 1.68. The molecule has 0 amide bonds. The predicted molar refractivity (Wildman–Crippen MR) is 78.3 cm³/mol. The molecule has 1 aromatic rings. The zero-order chi connectivity index (χ0) is 13.7. The van der Waals surface area contributed by atoms with Gasteiger partial charge in [0.2, 0.25) is 0 Å². The van der Waals surface area contributed by atoms with Crippen LogP contribution in [0.4, 0.5) is 0 Å². The molecule has 0 bridgehead atoms. The Hall–Kier alpha value is -0.710. The van der Waals surface area contributed by atoms with Gasteiger partial charge in [-0.1, -0.05) is 24.6 Å². The first-order chi connectivity index (χ1) is 8.45. The first-order valence-corrected chi connectivity index (χ1v) is 7.20. The number of hydrogen-bond acceptors (Lipinski definition) is 4. The highest BCUT2D eigenvalue weighted by atomic mass is 32.2. The lowest BCUT2D eigenvalue weighted by Gasteiger charge is -2.19. The maximum absolute atomic E-state index is 9.46. The average Bonchev–Trinajstić information content (AvgIpc) is 2.35. The number of ether oxygens (including phenoxy) is 1. The van der Waals surface area contributed by atoms with Gasteiger partial charge in [0.25, 0.3) is 0 Å². The van der Waals surface area contributed by atoms with Crippen LogP contribution in [-0.4, -0.2) is 29.3 Å². The molecule has 3 unspecified atom stereocenters. The fraction of sp³-hybridized carbons (Fsp3) is 0.571. The molecule has 1 rings (SSSR count). The summed E-state index contributed by atoms with van der Waals surface area (Å²) in [4.78, 5) is 0. The number of thioether (sulfide) groups is 1. The van der Waals surface area contributed by atoms with Gasteiger partial charge >= 0.3 is 0 Å². The molecule has 3 N–H and O–H groups in total. The number of hydrogen-bond donors (Lipinski definition) is 2. The molecule has 0 saturated carbocycles. The SMILES string of the molecule is COc1ccc(C)cc1C(N)CSC(C)C(C)O. The molecular formula is C14H23NO2S. The third-order valence-corrected chi connectivity index (χ3v) is 4.47. The Morgan fingerprint density at radius 1 is 1.39 bits per heavy atom. The van der Waals surface area contributed by atoms with Crippen LogP contribution in [0.2, 0.25) is 0 Å². The number of rotatable bonds is 6. The molecule has 102 valence electrons. The predicted octanol–water partition coefficient (Wildman–Crippen LogP) is 2.51. The summed E-state index contributed by atoms with van der Waals surface area (Å²) in [7, 11) is 1.66. The maximum Gasteiger partial charge on any atom is 0.123 e. The van der Waals surface area contributed by atoms with Crippen molar-refractivity contribution in [3.63, 3.8) is 0 Å². The van der Waals surface area contributed by atoms with Crippen LogP contribution in [0, 0.1) is 6.92 Å². The van der Waals surface area contributed by atoms with Gasteiger partial charge in [-0.05, 0) is 19.9 Å². The van der Waals surface area contributed by atoms with Gasteiger partial charge in [0.1, 0.15) is 5.75 Å². The van der Waals surface area contributed by atoms with Crippen molar-refractivity contribution >= 4 is 11.8 Å². The van der Waals surface area contributed by atoms with Crippen LogP contribution >= 0.6 is 11.8 Å². The van der Waals surface area contributed by atoms with E-state index in [1.165, 1.54) is 5.56 Å². The highest BCUT2D eigenvalue weighted by molar-refractivity contribution is 7.99. The van der Waals surface area contributed by atoms with Gasteiger partial charge < -0.3 is 15.6 Å². The quantitative estimate of drug-likeness (QED) is 0.833. The van der Waals surface area contributed by atoms with Gasteiger partial charge in [-0.3, -0.25) is 0 Å². The van der Waals surface area contributed by atoms with Gasteiger partial charge in [0.15, 0.2) is 0 Å². The van der Waals surface area contributed by atoms with E-state index in [1.807, 2.05) is 26.0 Å². The van der Waals surface area contributed by atoms with Gasteiger partial charge in [-0.2, -0.15) is 11.8 Å². The van der Waals surface area contributed by atoms with Crippen LogP contribution in [-0.2, 0) is 0 Å². The lowest BCUT2D eigenvalue weighted by atomic mass is 10.1. The zero-order valence-corrected chi connectivity index (χ0v) is 12.3. The molecule has 0 fully saturated rings. The second-order valence-electron chi connectivity index (χ2n) is 4.63. The van der Waals surface area contributed by atoms with E-state index in [1.54, 1.807) is 25.8 Å². The Morgan fingerprint density at radius 2 is 2.06 bits per heavy atom. The van der Waals surface area contributed by atoms with E-state index in [0.29, 0.717) is 0 Å². The topological polar surface area (TPSA) is 55.5 Å². The van der Waals surface area contributed by atoms with Crippen molar-refractivity contribution in [3.05, 3.63) is 29.3 Å². The minimum atomic E-state index is -0.318. The summed E-state index contributed by atoms with van der Waals surface area (Å²) in [5.74, 6) is 1.60. The molecular weight excluding hydrogens is 246 g/mol. The number of benzene rings is 1. The fourth-order valence-electron chi connectivity index (χ4n) is 1.63. The third kappa shape index (κ3) is 4.19. The van der Waals surface area contributed by atoms with Gasteiger partial charge in [0, 0.05) is 22.6 Å². The van der Waals surface area contributed by atoms with Crippen molar-refractivity contribution in [3.8, 4) is 5.75 Å². The smallest absolute Gasteiger partial charge is 0.123 e. The minimum absolute atomic E-state index is 0.0777. The molecule has 0 spiro atoms. The Bertz CT molecular complexity index is 382. The van der Waals surface area contributed by atoms with E-state index in [4.69, 9.17) is 10.5 Å². The molecule has 0 aliphatic rings. The molecule has 18 heavy (non-hydrogen) atoms. The van der Waals surface area contributed by atoms with E-state index in [2.05, 4.69) is 6.07 Å². The molecule has 1 aromatic carbocycles. The molecule has 0 aliphatic heterocycles. The summed E-state index contributed by atoms with van der Waals surface area (Å²) < 4.78 is 5.34. The van der Waals surface area contributed by atoms with E-state index in [9.17, 15) is 5.11 Å². The Kier molecular flexibility index (Phi) is 5.99. The molecule has 3 nitrogen and oxygen atoms in total. The van der Waals surface area contributed by atoms with E-state index in [0.717, 1.165) is 17.1 Å². The standard InChI is InChI=1S/C14H23NO2S/c1-9-5-6-14(17-4)12(7-9)13(15)8-18-11(3)10(2)16/h5-7,10-11,13,16H,8,15H2,1-4H3. The Morgan fingerprint density at radius 3 is 2.61 bits per heavy atom. The summed E-state index contributed by atoms with van der Waals surface area (Å²) in [5.41, 5.74) is 8.41. The van der Waals surface area contributed by atoms with E-state index >= 15 is 0 Å². The average molecular weight is 269 g/mol. The second kappa shape index (κ2) is 7.02. The second-order valence-corrected chi connectivity index (χ2v) is 6.04. The zero-order valence-electron chi connectivity index (χ0n) is 11.5. The van der Waals surface area contributed by atoms with E-state index < -0.39 is 0 Å². The summed E-state index contributed by atoms with van der Waals surface area (Å²) in [5, 5.41) is 9.65. The largest absolute Gasteiger partial charge is 0.496 e. The van der Waals surface area contributed by atoms with Gasteiger partial charge in [-0.25, -0.2) is 0 Å². The number of methoxy groups -OCH3 is 1. The van der Waals surface area contributed by atoms with Crippen LogP contribution < -0.4 is 10.5 Å². The van der Waals surface area contributed by atoms with Crippen molar-refractivity contribution in [2.75, 3.05) is 12.9 Å². The van der Waals surface area contributed by atoms with Crippen molar-refractivity contribution in [2.45, 2.75) is 38.2 Å². The molecule has 0 saturated heterocycles. The molecule has 0 heterocycles.